The molecule has 5 nitrogen and oxygen atoms in total. The third-order valence-electron chi connectivity index (χ3n) is 4.41. The van der Waals surface area contributed by atoms with Gasteiger partial charge in [-0.3, -0.25) is 4.79 Å². The van der Waals surface area contributed by atoms with Crippen molar-refractivity contribution >= 4 is 23.4 Å². The van der Waals surface area contributed by atoms with Crippen LogP contribution < -0.4 is 19.5 Å². The summed E-state index contributed by atoms with van der Waals surface area (Å²) in [5.74, 6) is 1.98. The van der Waals surface area contributed by atoms with Crippen LogP contribution in [0.5, 0.6) is 17.2 Å². The third-order valence-corrected chi connectivity index (χ3v) is 5.50. The fourth-order valence-electron chi connectivity index (χ4n) is 2.77. The van der Waals surface area contributed by atoms with Gasteiger partial charge in [-0.1, -0.05) is 30.3 Å². The topological polar surface area (TPSA) is 56.8 Å². The van der Waals surface area contributed by atoms with Crippen LogP contribution in [0, 0.1) is 0 Å². The summed E-state index contributed by atoms with van der Waals surface area (Å²) in [6, 6.07) is 23.0. The molecule has 156 valence electrons. The molecule has 3 aromatic rings. The van der Waals surface area contributed by atoms with Gasteiger partial charge in [-0.2, -0.15) is 0 Å². The number of hydrogen-bond donors (Lipinski definition) is 1. The summed E-state index contributed by atoms with van der Waals surface area (Å²) in [5.41, 5.74) is 1.84. The molecule has 0 aliphatic carbocycles. The van der Waals surface area contributed by atoms with Gasteiger partial charge in [0.25, 0.3) is 0 Å². The largest absolute Gasteiger partial charge is 0.493 e. The molecule has 0 aromatic heterocycles. The molecular formula is C24H25NO4S. The zero-order valence-corrected chi connectivity index (χ0v) is 18.1. The second kappa shape index (κ2) is 10.6. The molecule has 0 heterocycles. The molecule has 0 aliphatic heterocycles. The second-order valence-electron chi connectivity index (χ2n) is 6.56. The molecule has 0 saturated heterocycles. The standard InChI is InChI=1S/C24H25NO4S/c1-17(30-21-13-14-22(27-2)23(15-21)28-3)24(26)25-19-9-11-20(12-10-19)29-16-18-7-5-4-6-8-18/h4-15,17H,16H2,1-3H3,(H,25,26)/t17-/m0/s1. The fraction of sp³-hybridized carbons (Fsp3) is 0.208. The lowest BCUT2D eigenvalue weighted by molar-refractivity contribution is -0.115. The monoisotopic (exact) mass is 423 g/mol. The zero-order valence-electron chi connectivity index (χ0n) is 17.3. The molecule has 0 saturated carbocycles. The highest BCUT2D eigenvalue weighted by molar-refractivity contribution is 8.00. The summed E-state index contributed by atoms with van der Waals surface area (Å²) < 4.78 is 16.4. The lowest BCUT2D eigenvalue weighted by atomic mass is 10.2. The van der Waals surface area contributed by atoms with Gasteiger partial charge in [0, 0.05) is 10.6 Å². The lowest BCUT2D eigenvalue weighted by Gasteiger charge is -2.14. The maximum absolute atomic E-state index is 12.6. The molecule has 0 spiro atoms. The number of nitrogens with one attached hydrogen (secondary N) is 1. The minimum atomic E-state index is -0.280. The van der Waals surface area contributed by atoms with Crippen LogP contribution in [0.2, 0.25) is 0 Å². The minimum absolute atomic E-state index is 0.0762. The molecule has 30 heavy (non-hydrogen) atoms. The Morgan fingerprint density at radius 2 is 1.63 bits per heavy atom. The summed E-state index contributed by atoms with van der Waals surface area (Å²) in [6.45, 7) is 2.37. The number of thioether (sulfide) groups is 1. The van der Waals surface area contributed by atoms with Crippen LogP contribution in [0.25, 0.3) is 0 Å². The van der Waals surface area contributed by atoms with Crippen LogP contribution in [0.3, 0.4) is 0 Å². The van der Waals surface area contributed by atoms with E-state index in [0.717, 1.165) is 21.9 Å². The van der Waals surface area contributed by atoms with Crippen molar-refractivity contribution in [3.05, 3.63) is 78.4 Å². The van der Waals surface area contributed by atoms with Crippen LogP contribution in [0.4, 0.5) is 5.69 Å². The predicted octanol–water partition coefficient (Wildman–Crippen LogP) is 5.40. The average molecular weight is 424 g/mol. The normalized spacial score (nSPS) is 11.4. The van der Waals surface area contributed by atoms with Gasteiger partial charge in [-0.05, 0) is 55.0 Å². The second-order valence-corrected chi connectivity index (χ2v) is 7.98. The number of benzene rings is 3. The Labute approximate surface area is 181 Å². The maximum atomic E-state index is 12.6. The number of amides is 1. The van der Waals surface area contributed by atoms with Crippen LogP contribution >= 0.6 is 11.8 Å². The van der Waals surface area contributed by atoms with E-state index in [4.69, 9.17) is 14.2 Å². The van der Waals surface area contributed by atoms with Gasteiger partial charge >= 0.3 is 0 Å². The van der Waals surface area contributed by atoms with Gasteiger partial charge in [0.2, 0.25) is 5.91 Å². The number of anilines is 1. The smallest absolute Gasteiger partial charge is 0.237 e. The minimum Gasteiger partial charge on any atom is -0.493 e. The van der Waals surface area contributed by atoms with Gasteiger partial charge < -0.3 is 19.5 Å². The number of ether oxygens (including phenoxy) is 3. The summed E-state index contributed by atoms with van der Waals surface area (Å²) in [5, 5.41) is 2.66. The van der Waals surface area contributed by atoms with Crippen LogP contribution in [-0.2, 0) is 11.4 Å². The van der Waals surface area contributed by atoms with E-state index < -0.39 is 0 Å². The van der Waals surface area contributed by atoms with Crippen LogP contribution in [0.15, 0.2) is 77.7 Å². The number of methoxy groups -OCH3 is 2. The zero-order chi connectivity index (χ0) is 21.3. The molecule has 0 fully saturated rings. The van der Waals surface area contributed by atoms with Gasteiger partial charge in [0.15, 0.2) is 11.5 Å². The summed E-state index contributed by atoms with van der Waals surface area (Å²) in [6.07, 6.45) is 0. The number of hydrogen-bond acceptors (Lipinski definition) is 5. The Balaban J connectivity index is 1.53. The van der Waals surface area contributed by atoms with E-state index in [-0.39, 0.29) is 11.2 Å². The summed E-state index contributed by atoms with van der Waals surface area (Å²) in [4.78, 5) is 13.5. The van der Waals surface area contributed by atoms with Crippen molar-refractivity contribution in [2.45, 2.75) is 23.7 Å². The molecule has 0 unspecified atom stereocenters. The molecule has 1 N–H and O–H groups in total. The Morgan fingerprint density at radius 3 is 2.30 bits per heavy atom. The van der Waals surface area contributed by atoms with E-state index in [9.17, 15) is 4.79 Å². The summed E-state index contributed by atoms with van der Waals surface area (Å²) >= 11 is 1.46. The van der Waals surface area contributed by atoms with E-state index in [0.29, 0.717) is 18.1 Å². The third kappa shape index (κ3) is 5.94. The highest BCUT2D eigenvalue weighted by Crippen LogP contribution is 2.33. The number of rotatable bonds is 9. The van der Waals surface area contributed by atoms with E-state index in [2.05, 4.69) is 5.32 Å². The first-order valence-electron chi connectivity index (χ1n) is 9.55. The highest BCUT2D eigenvalue weighted by Gasteiger charge is 2.16. The molecule has 3 aromatic carbocycles. The molecular weight excluding hydrogens is 398 g/mol. The quantitative estimate of drug-likeness (QED) is 0.467. The molecule has 0 bridgehead atoms. The van der Waals surface area contributed by atoms with Crippen molar-refractivity contribution in [3.8, 4) is 17.2 Å². The van der Waals surface area contributed by atoms with E-state index in [1.165, 1.54) is 11.8 Å². The van der Waals surface area contributed by atoms with Crippen molar-refractivity contribution in [1.82, 2.24) is 0 Å². The summed E-state index contributed by atoms with van der Waals surface area (Å²) in [7, 11) is 3.19. The first-order chi connectivity index (χ1) is 14.6. The molecule has 3 rings (SSSR count). The van der Waals surface area contributed by atoms with Gasteiger partial charge in [-0.15, -0.1) is 11.8 Å². The van der Waals surface area contributed by atoms with E-state index in [1.54, 1.807) is 14.2 Å². The van der Waals surface area contributed by atoms with Crippen LogP contribution in [-0.4, -0.2) is 25.4 Å². The first-order valence-corrected chi connectivity index (χ1v) is 10.4. The first kappa shape index (κ1) is 21.6. The SMILES string of the molecule is COc1ccc(S[C@@H](C)C(=O)Nc2ccc(OCc3ccccc3)cc2)cc1OC. The van der Waals surface area contributed by atoms with Crippen molar-refractivity contribution in [3.63, 3.8) is 0 Å². The van der Waals surface area contributed by atoms with Gasteiger partial charge in [0.05, 0.1) is 19.5 Å². The highest BCUT2D eigenvalue weighted by atomic mass is 32.2. The van der Waals surface area contributed by atoms with Crippen LogP contribution in [0.1, 0.15) is 12.5 Å². The Kier molecular flexibility index (Phi) is 7.63. The van der Waals surface area contributed by atoms with E-state index >= 15 is 0 Å². The molecule has 1 amide bonds. The van der Waals surface area contributed by atoms with Gasteiger partial charge in [0.1, 0.15) is 12.4 Å². The molecule has 0 aliphatic rings. The van der Waals surface area contributed by atoms with Crippen molar-refractivity contribution < 1.29 is 19.0 Å². The Morgan fingerprint density at radius 1 is 0.933 bits per heavy atom. The lowest BCUT2D eigenvalue weighted by Crippen LogP contribution is -2.22. The number of carbonyl (C=O) groups excluding carboxylic acids is 1. The number of carbonyl (C=O) groups is 1. The molecule has 0 radical (unpaired) electrons. The fourth-order valence-corrected chi connectivity index (χ4v) is 3.66. The Bertz CT molecular complexity index is 961. The van der Waals surface area contributed by atoms with E-state index in [1.807, 2.05) is 79.7 Å². The maximum Gasteiger partial charge on any atom is 0.237 e. The Hall–Kier alpha value is -3.12. The predicted molar refractivity (Wildman–Crippen MR) is 121 cm³/mol. The van der Waals surface area contributed by atoms with Crippen molar-refractivity contribution in [2.24, 2.45) is 0 Å². The van der Waals surface area contributed by atoms with Crippen molar-refractivity contribution in [2.75, 3.05) is 19.5 Å². The molecule has 1 atom stereocenters. The van der Waals surface area contributed by atoms with Crippen molar-refractivity contribution in [1.29, 1.82) is 0 Å². The molecule has 6 heteroatoms. The average Bonchev–Trinajstić information content (AvgIpc) is 2.79. The van der Waals surface area contributed by atoms with Gasteiger partial charge in [-0.25, -0.2) is 0 Å².